The average molecular weight is 387 g/mol. The lowest BCUT2D eigenvalue weighted by molar-refractivity contribution is -0.384. The van der Waals surface area contributed by atoms with Gasteiger partial charge in [-0.1, -0.05) is 51.7 Å². The van der Waals surface area contributed by atoms with Gasteiger partial charge in [-0.3, -0.25) is 15.5 Å². The number of nitrogens with two attached hydrogens (primary N) is 1. The van der Waals surface area contributed by atoms with Gasteiger partial charge in [0.1, 0.15) is 0 Å². The van der Waals surface area contributed by atoms with Crippen LogP contribution in [0.4, 0.5) is 17.1 Å². The normalized spacial score (nSPS) is 21.2. The molecule has 0 fully saturated rings. The van der Waals surface area contributed by atoms with Crippen LogP contribution < -0.4 is 11.2 Å². The summed E-state index contributed by atoms with van der Waals surface area (Å²) in [6.45, 7) is 9.00. The van der Waals surface area contributed by atoms with Crippen LogP contribution in [0.2, 0.25) is 0 Å². The maximum atomic E-state index is 10.9. The molecule has 2 rings (SSSR count). The first-order valence-corrected chi connectivity index (χ1v) is 10.5. The summed E-state index contributed by atoms with van der Waals surface area (Å²) in [5.41, 5.74) is 14.4. The van der Waals surface area contributed by atoms with E-state index in [0.717, 1.165) is 44.9 Å². The number of hydrogen-bond acceptors (Lipinski definition) is 5. The summed E-state index contributed by atoms with van der Waals surface area (Å²) < 4.78 is 0. The van der Waals surface area contributed by atoms with E-state index in [9.17, 15) is 10.1 Å². The molecule has 0 bridgehead atoms. The van der Waals surface area contributed by atoms with E-state index < -0.39 is 4.92 Å². The standard InChI is InChI=1S/C22H34N4O2/c1-5-9-15-13-22(19(10-6-2)18(8-4)17(15)7-3)25-24-21-12-11-16(26(27)28)14-20(21)23/h11-12,14,18-19,24H,5-10,13,23H2,1-4H3. The first kappa shape index (κ1) is 21.9. The highest BCUT2D eigenvalue weighted by atomic mass is 16.6. The second-order valence-corrected chi connectivity index (χ2v) is 7.56. The predicted octanol–water partition coefficient (Wildman–Crippen LogP) is 6.30. The molecule has 1 aromatic carbocycles. The van der Waals surface area contributed by atoms with E-state index in [1.165, 1.54) is 17.8 Å². The van der Waals surface area contributed by atoms with Crippen LogP contribution in [0.1, 0.15) is 72.6 Å². The van der Waals surface area contributed by atoms with Crippen LogP contribution in [0.5, 0.6) is 0 Å². The van der Waals surface area contributed by atoms with Crippen molar-refractivity contribution >= 4 is 22.8 Å². The van der Waals surface area contributed by atoms with E-state index in [-0.39, 0.29) is 5.69 Å². The lowest BCUT2D eigenvalue weighted by atomic mass is 9.69. The zero-order valence-corrected chi connectivity index (χ0v) is 17.6. The molecule has 6 heteroatoms. The molecule has 2 unspecified atom stereocenters. The molecule has 28 heavy (non-hydrogen) atoms. The molecule has 2 atom stereocenters. The Morgan fingerprint density at radius 1 is 1.21 bits per heavy atom. The fourth-order valence-corrected chi connectivity index (χ4v) is 4.49. The number of benzene rings is 1. The summed E-state index contributed by atoms with van der Waals surface area (Å²) in [6.07, 6.45) is 7.67. The van der Waals surface area contributed by atoms with Crippen LogP contribution in [0, 0.1) is 22.0 Å². The van der Waals surface area contributed by atoms with Gasteiger partial charge in [-0.15, -0.1) is 0 Å². The smallest absolute Gasteiger partial charge is 0.271 e. The van der Waals surface area contributed by atoms with E-state index in [0.29, 0.717) is 23.2 Å². The van der Waals surface area contributed by atoms with E-state index in [1.807, 2.05) is 0 Å². The minimum atomic E-state index is -0.440. The van der Waals surface area contributed by atoms with Crippen molar-refractivity contribution in [3.8, 4) is 0 Å². The first-order valence-electron chi connectivity index (χ1n) is 10.5. The van der Waals surface area contributed by atoms with E-state index >= 15 is 0 Å². The number of allylic oxidation sites excluding steroid dienone is 2. The number of nitrogens with zero attached hydrogens (tertiary/aromatic N) is 2. The number of nitrogens with one attached hydrogen (secondary N) is 1. The van der Waals surface area contributed by atoms with Gasteiger partial charge in [0, 0.05) is 30.2 Å². The minimum Gasteiger partial charge on any atom is -0.397 e. The highest BCUT2D eigenvalue weighted by molar-refractivity contribution is 5.91. The molecule has 0 saturated carbocycles. The summed E-state index contributed by atoms with van der Waals surface area (Å²) >= 11 is 0. The minimum absolute atomic E-state index is 0.0102. The molecule has 1 aliphatic carbocycles. The van der Waals surface area contributed by atoms with Crippen molar-refractivity contribution in [2.24, 2.45) is 16.9 Å². The third-order valence-corrected chi connectivity index (χ3v) is 5.75. The molecule has 0 amide bonds. The fraction of sp³-hybridized carbons (Fsp3) is 0.591. The molecule has 6 nitrogen and oxygen atoms in total. The zero-order chi connectivity index (χ0) is 20.7. The fourth-order valence-electron chi connectivity index (χ4n) is 4.49. The van der Waals surface area contributed by atoms with Crippen molar-refractivity contribution < 1.29 is 4.92 Å². The summed E-state index contributed by atoms with van der Waals surface area (Å²) in [4.78, 5) is 10.5. The summed E-state index contributed by atoms with van der Waals surface area (Å²) in [5, 5.41) is 15.7. The van der Waals surface area contributed by atoms with Gasteiger partial charge in [-0.2, -0.15) is 5.10 Å². The van der Waals surface area contributed by atoms with E-state index in [1.54, 1.807) is 17.2 Å². The largest absolute Gasteiger partial charge is 0.397 e. The topological polar surface area (TPSA) is 93.5 Å². The van der Waals surface area contributed by atoms with Gasteiger partial charge in [0.15, 0.2) is 0 Å². The number of nitro benzene ring substituents is 1. The van der Waals surface area contributed by atoms with Crippen LogP contribution in [-0.2, 0) is 0 Å². The van der Waals surface area contributed by atoms with Crippen molar-refractivity contribution in [2.75, 3.05) is 11.2 Å². The molecule has 0 spiro atoms. The molecule has 154 valence electrons. The number of hydrogen-bond donors (Lipinski definition) is 2. The van der Waals surface area contributed by atoms with Gasteiger partial charge in [-0.05, 0) is 37.7 Å². The highest BCUT2D eigenvalue weighted by Crippen LogP contribution is 2.41. The molecule has 1 aromatic rings. The van der Waals surface area contributed by atoms with E-state index in [2.05, 4.69) is 33.1 Å². The SMILES string of the molecule is CCCC1=C(CC)C(CC)C(CCC)C(=NNc2ccc([N+](=O)[O-])cc2N)C1. The molecule has 0 aromatic heterocycles. The van der Waals surface area contributed by atoms with Gasteiger partial charge in [-0.25, -0.2) is 0 Å². The Morgan fingerprint density at radius 3 is 2.50 bits per heavy atom. The molecular formula is C22H34N4O2. The lowest BCUT2D eigenvalue weighted by Crippen LogP contribution is -2.31. The van der Waals surface area contributed by atoms with Gasteiger partial charge >= 0.3 is 0 Å². The Labute approximate surface area is 168 Å². The van der Waals surface area contributed by atoms with Crippen LogP contribution in [-0.4, -0.2) is 10.6 Å². The molecule has 0 radical (unpaired) electrons. The van der Waals surface area contributed by atoms with Crippen molar-refractivity contribution in [2.45, 2.75) is 72.6 Å². The van der Waals surface area contributed by atoms with Crippen LogP contribution in [0.3, 0.4) is 0 Å². The molecule has 0 heterocycles. The Balaban J connectivity index is 2.35. The van der Waals surface area contributed by atoms with Gasteiger partial charge in [0.05, 0.1) is 16.3 Å². The van der Waals surface area contributed by atoms with Crippen molar-refractivity contribution in [3.63, 3.8) is 0 Å². The predicted molar refractivity (Wildman–Crippen MR) is 118 cm³/mol. The maximum absolute atomic E-state index is 10.9. The number of hydrazone groups is 1. The molecule has 0 saturated heterocycles. The number of non-ortho nitro benzene ring substituents is 1. The summed E-state index contributed by atoms with van der Waals surface area (Å²) in [7, 11) is 0. The zero-order valence-electron chi connectivity index (χ0n) is 17.6. The Hall–Kier alpha value is -2.37. The first-order chi connectivity index (χ1) is 13.5. The number of rotatable bonds is 9. The Kier molecular flexibility index (Phi) is 8.03. The summed E-state index contributed by atoms with van der Waals surface area (Å²) in [5.74, 6) is 0.993. The van der Waals surface area contributed by atoms with Crippen molar-refractivity contribution in [1.82, 2.24) is 0 Å². The van der Waals surface area contributed by atoms with Gasteiger partial charge in [0.25, 0.3) is 5.69 Å². The molecule has 1 aliphatic rings. The van der Waals surface area contributed by atoms with Gasteiger partial charge in [0.2, 0.25) is 0 Å². The monoisotopic (exact) mass is 386 g/mol. The van der Waals surface area contributed by atoms with Crippen molar-refractivity contribution in [1.29, 1.82) is 0 Å². The number of anilines is 2. The second kappa shape index (κ2) is 10.2. The third kappa shape index (κ3) is 4.91. The summed E-state index contributed by atoms with van der Waals surface area (Å²) in [6, 6.07) is 4.46. The Bertz CT molecular complexity index is 755. The molecular weight excluding hydrogens is 352 g/mol. The van der Waals surface area contributed by atoms with Gasteiger partial charge < -0.3 is 5.73 Å². The van der Waals surface area contributed by atoms with Crippen LogP contribution >= 0.6 is 0 Å². The Morgan fingerprint density at radius 2 is 1.96 bits per heavy atom. The van der Waals surface area contributed by atoms with Crippen molar-refractivity contribution in [3.05, 3.63) is 39.5 Å². The van der Waals surface area contributed by atoms with Crippen LogP contribution in [0.15, 0.2) is 34.4 Å². The number of nitro groups is 1. The molecule has 3 N–H and O–H groups in total. The molecule has 0 aliphatic heterocycles. The lowest BCUT2D eigenvalue weighted by Gasteiger charge is -2.36. The third-order valence-electron chi connectivity index (χ3n) is 5.75. The average Bonchev–Trinajstić information content (AvgIpc) is 2.68. The maximum Gasteiger partial charge on any atom is 0.271 e. The second-order valence-electron chi connectivity index (χ2n) is 7.56. The number of nitrogen functional groups attached to an aromatic ring is 1. The van der Waals surface area contributed by atoms with Crippen LogP contribution in [0.25, 0.3) is 0 Å². The quantitative estimate of drug-likeness (QED) is 0.225. The van der Waals surface area contributed by atoms with E-state index in [4.69, 9.17) is 10.8 Å². The highest BCUT2D eigenvalue weighted by Gasteiger charge is 2.33.